The summed E-state index contributed by atoms with van der Waals surface area (Å²) in [6.45, 7) is 4.68. The Kier molecular flexibility index (Phi) is 9.23. The summed E-state index contributed by atoms with van der Waals surface area (Å²) < 4.78 is 21.2. The lowest BCUT2D eigenvalue weighted by molar-refractivity contribution is -0.0273. The first-order chi connectivity index (χ1) is 8.83. The zero-order valence-electron chi connectivity index (χ0n) is 11.3. The highest BCUT2D eigenvalue weighted by atomic mass is 79.9. The summed E-state index contributed by atoms with van der Waals surface area (Å²) in [4.78, 5) is 0. The van der Waals surface area contributed by atoms with Crippen molar-refractivity contribution in [1.29, 1.82) is 0 Å². The van der Waals surface area contributed by atoms with Crippen LogP contribution >= 0.6 is 15.9 Å². The van der Waals surface area contributed by atoms with E-state index in [9.17, 15) is 0 Å². The molecule has 0 radical (unpaired) electrons. The fraction of sp³-hybridized carbons (Fsp3) is 1.00. The quantitative estimate of drug-likeness (QED) is 0.407. The molecule has 1 rings (SSSR count). The molecule has 4 nitrogen and oxygen atoms in total. The second-order valence-electron chi connectivity index (χ2n) is 4.76. The van der Waals surface area contributed by atoms with E-state index in [-0.39, 0.29) is 0 Å². The summed E-state index contributed by atoms with van der Waals surface area (Å²) in [6.07, 6.45) is 3.91. The average molecular weight is 325 g/mol. The van der Waals surface area contributed by atoms with Crippen molar-refractivity contribution in [1.82, 2.24) is 0 Å². The highest BCUT2D eigenvalue weighted by Gasteiger charge is 2.35. The van der Waals surface area contributed by atoms with Gasteiger partial charge in [-0.1, -0.05) is 22.4 Å². The van der Waals surface area contributed by atoms with Crippen LogP contribution in [0.5, 0.6) is 0 Å². The second-order valence-corrected chi connectivity index (χ2v) is 5.32. The van der Waals surface area contributed by atoms with Gasteiger partial charge in [0.1, 0.15) is 0 Å². The molecule has 0 bridgehead atoms. The van der Waals surface area contributed by atoms with E-state index in [2.05, 4.69) is 15.9 Å². The van der Waals surface area contributed by atoms with Gasteiger partial charge < -0.3 is 18.9 Å². The Morgan fingerprint density at radius 2 is 1.44 bits per heavy atom. The van der Waals surface area contributed by atoms with Crippen LogP contribution in [0.2, 0.25) is 0 Å². The Hall–Kier alpha value is 0.320. The van der Waals surface area contributed by atoms with Gasteiger partial charge in [-0.15, -0.1) is 0 Å². The third-order valence-corrected chi connectivity index (χ3v) is 4.47. The van der Waals surface area contributed by atoms with Crippen LogP contribution in [0.25, 0.3) is 0 Å². The van der Waals surface area contributed by atoms with E-state index in [1.807, 2.05) is 0 Å². The van der Waals surface area contributed by atoms with E-state index in [4.69, 9.17) is 18.9 Å². The van der Waals surface area contributed by atoms with Crippen molar-refractivity contribution in [3.05, 3.63) is 0 Å². The number of hydrogen-bond acceptors (Lipinski definition) is 4. The third-order valence-electron chi connectivity index (χ3n) is 3.28. The number of halogens is 1. The van der Waals surface area contributed by atoms with Crippen molar-refractivity contribution in [2.75, 3.05) is 58.7 Å². The van der Waals surface area contributed by atoms with Gasteiger partial charge in [0.05, 0.1) is 46.2 Å². The minimum absolute atomic E-state index is 0.406. The summed E-state index contributed by atoms with van der Waals surface area (Å²) in [7, 11) is 1.67. The molecule has 0 spiro atoms. The van der Waals surface area contributed by atoms with E-state index in [1.165, 1.54) is 19.3 Å². The van der Waals surface area contributed by atoms with Crippen LogP contribution in [0.4, 0.5) is 0 Å². The predicted octanol–water partition coefficient (Wildman–Crippen LogP) is 2.25. The maximum absolute atomic E-state index is 5.66. The fourth-order valence-electron chi connectivity index (χ4n) is 1.86. The molecule has 0 aliphatic heterocycles. The first-order valence-corrected chi connectivity index (χ1v) is 7.73. The van der Waals surface area contributed by atoms with E-state index in [1.54, 1.807) is 7.11 Å². The number of alkyl halides is 1. The van der Waals surface area contributed by atoms with Gasteiger partial charge >= 0.3 is 0 Å². The number of ether oxygens (including phenoxy) is 4. The van der Waals surface area contributed by atoms with E-state index in [0.29, 0.717) is 45.1 Å². The molecule has 18 heavy (non-hydrogen) atoms. The molecule has 108 valence electrons. The Bertz CT molecular complexity index is 192. The molecule has 0 N–H and O–H groups in total. The van der Waals surface area contributed by atoms with Gasteiger partial charge in [0.15, 0.2) is 0 Å². The van der Waals surface area contributed by atoms with Gasteiger partial charge in [-0.25, -0.2) is 0 Å². The molecule has 5 heteroatoms. The van der Waals surface area contributed by atoms with Gasteiger partial charge in [0.25, 0.3) is 0 Å². The highest BCUT2D eigenvalue weighted by molar-refractivity contribution is 9.09. The van der Waals surface area contributed by atoms with Crippen LogP contribution in [-0.4, -0.2) is 58.7 Å². The lowest BCUT2D eigenvalue weighted by Crippen LogP contribution is -2.36. The number of hydrogen-bond donors (Lipinski definition) is 0. The largest absolute Gasteiger partial charge is 0.382 e. The first-order valence-electron chi connectivity index (χ1n) is 6.61. The van der Waals surface area contributed by atoms with Gasteiger partial charge in [0, 0.05) is 17.9 Å². The van der Waals surface area contributed by atoms with Crippen molar-refractivity contribution in [2.24, 2.45) is 5.41 Å². The molecule has 0 saturated heterocycles. The van der Waals surface area contributed by atoms with Crippen molar-refractivity contribution in [3.63, 3.8) is 0 Å². The molecule has 1 fully saturated rings. The molecular weight excluding hydrogens is 300 g/mol. The zero-order chi connectivity index (χ0) is 13.1. The minimum Gasteiger partial charge on any atom is -0.382 e. The normalized spacial score (nSPS) is 17.7. The Morgan fingerprint density at radius 3 is 1.89 bits per heavy atom. The van der Waals surface area contributed by atoms with Crippen LogP contribution in [0, 0.1) is 5.41 Å². The first kappa shape index (κ1) is 16.4. The molecule has 0 aromatic rings. The molecular formula is C13H25BrO4. The van der Waals surface area contributed by atoms with Crippen LogP contribution in [0.1, 0.15) is 19.3 Å². The van der Waals surface area contributed by atoms with Crippen LogP contribution in [0.3, 0.4) is 0 Å². The molecule has 0 unspecified atom stereocenters. The van der Waals surface area contributed by atoms with E-state index >= 15 is 0 Å². The van der Waals surface area contributed by atoms with E-state index < -0.39 is 0 Å². The van der Waals surface area contributed by atoms with Crippen LogP contribution in [0.15, 0.2) is 0 Å². The Balaban J connectivity index is 1.78. The molecule has 1 aliphatic carbocycles. The van der Waals surface area contributed by atoms with Crippen LogP contribution in [-0.2, 0) is 18.9 Å². The summed E-state index contributed by atoms with van der Waals surface area (Å²) >= 11 is 3.57. The Labute approximate surface area is 118 Å². The van der Waals surface area contributed by atoms with Crippen molar-refractivity contribution in [3.8, 4) is 0 Å². The van der Waals surface area contributed by atoms with Gasteiger partial charge in [-0.05, 0) is 12.8 Å². The molecule has 1 saturated carbocycles. The second kappa shape index (κ2) is 10.1. The lowest BCUT2D eigenvalue weighted by atomic mass is 9.71. The fourth-order valence-corrected chi connectivity index (χ4v) is 2.59. The lowest BCUT2D eigenvalue weighted by Gasteiger charge is -2.40. The smallest absolute Gasteiger partial charge is 0.0701 e. The molecule has 0 aromatic carbocycles. The van der Waals surface area contributed by atoms with Crippen molar-refractivity contribution >= 4 is 15.9 Å². The van der Waals surface area contributed by atoms with Crippen molar-refractivity contribution < 1.29 is 18.9 Å². The SMILES string of the molecule is COCCOCCOCCOCC1(CBr)CCC1. The number of rotatable bonds is 12. The average Bonchev–Trinajstić information content (AvgIpc) is 2.34. The Morgan fingerprint density at radius 1 is 0.889 bits per heavy atom. The third kappa shape index (κ3) is 6.48. The topological polar surface area (TPSA) is 36.9 Å². The van der Waals surface area contributed by atoms with Crippen LogP contribution < -0.4 is 0 Å². The molecule has 0 heterocycles. The predicted molar refractivity (Wildman–Crippen MR) is 74.4 cm³/mol. The van der Waals surface area contributed by atoms with Gasteiger partial charge in [0.2, 0.25) is 0 Å². The summed E-state index contributed by atoms with van der Waals surface area (Å²) in [5.74, 6) is 0. The summed E-state index contributed by atoms with van der Waals surface area (Å²) in [5, 5.41) is 1.05. The van der Waals surface area contributed by atoms with Crippen molar-refractivity contribution in [2.45, 2.75) is 19.3 Å². The number of methoxy groups -OCH3 is 1. The molecule has 0 aromatic heterocycles. The summed E-state index contributed by atoms with van der Waals surface area (Å²) in [6, 6.07) is 0. The molecule has 0 amide bonds. The highest BCUT2D eigenvalue weighted by Crippen LogP contribution is 2.42. The van der Waals surface area contributed by atoms with Gasteiger partial charge in [-0.2, -0.15) is 0 Å². The van der Waals surface area contributed by atoms with E-state index in [0.717, 1.165) is 11.9 Å². The maximum Gasteiger partial charge on any atom is 0.0701 e. The monoisotopic (exact) mass is 324 g/mol. The standard InChI is InChI=1S/C13H25BrO4/c1-15-5-6-16-7-8-17-9-10-18-12-13(11-14)3-2-4-13/h2-12H2,1H3. The zero-order valence-corrected chi connectivity index (χ0v) is 12.9. The maximum atomic E-state index is 5.66. The summed E-state index contributed by atoms with van der Waals surface area (Å²) in [5.41, 5.74) is 0.406. The van der Waals surface area contributed by atoms with Gasteiger partial charge in [-0.3, -0.25) is 0 Å². The minimum atomic E-state index is 0.406. The molecule has 1 aliphatic rings. The molecule has 0 atom stereocenters.